The predicted octanol–water partition coefficient (Wildman–Crippen LogP) is 5.40. The summed E-state index contributed by atoms with van der Waals surface area (Å²) >= 11 is 6.04. The molecule has 0 saturated heterocycles. The number of halogens is 1. The molecule has 0 bridgehead atoms. The molecule has 2 aromatic heterocycles. The number of aromatic nitrogens is 1. The SMILES string of the molecule is CCOc1ccc(CCNC(=O)c2cc3cc4ccc(Cl)cc4nc3o2)cc1OCC. The molecular weight excluding hydrogens is 416 g/mol. The topological polar surface area (TPSA) is 73.6 Å². The van der Waals surface area contributed by atoms with Crippen molar-refractivity contribution in [3.8, 4) is 11.5 Å². The van der Waals surface area contributed by atoms with Crippen LogP contribution in [0.5, 0.6) is 11.5 Å². The van der Waals surface area contributed by atoms with Gasteiger partial charge < -0.3 is 19.2 Å². The molecule has 0 unspecified atom stereocenters. The lowest BCUT2D eigenvalue weighted by molar-refractivity contribution is 0.0928. The average molecular weight is 439 g/mol. The zero-order chi connectivity index (χ0) is 21.8. The summed E-state index contributed by atoms with van der Waals surface area (Å²) in [6.07, 6.45) is 0.652. The number of nitrogens with zero attached hydrogens (tertiary/aromatic N) is 1. The average Bonchev–Trinajstić information content (AvgIpc) is 3.17. The molecule has 0 saturated carbocycles. The lowest BCUT2D eigenvalue weighted by Gasteiger charge is -2.12. The van der Waals surface area contributed by atoms with E-state index in [9.17, 15) is 4.79 Å². The van der Waals surface area contributed by atoms with Crippen molar-refractivity contribution in [1.29, 1.82) is 0 Å². The molecule has 7 heteroatoms. The Hall–Kier alpha value is -3.25. The molecule has 1 amide bonds. The Kier molecular flexibility index (Phi) is 6.28. The number of fused-ring (bicyclic) bond motifs is 2. The van der Waals surface area contributed by atoms with Gasteiger partial charge in [-0.15, -0.1) is 0 Å². The van der Waals surface area contributed by atoms with Crippen LogP contribution in [0.4, 0.5) is 0 Å². The van der Waals surface area contributed by atoms with Crippen LogP contribution in [0.25, 0.3) is 22.0 Å². The van der Waals surface area contributed by atoms with Crippen LogP contribution in [0, 0.1) is 0 Å². The van der Waals surface area contributed by atoms with Crippen LogP contribution in [0.3, 0.4) is 0 Å². The third-order valence-electron chi connectivity index (χ3n) is 4.80. The van der Waals surface area contributed by atoms with E-state index in [1.165, 1.54) is 0 Å². The number of benzene rings is 2. The maximum absolute atomic E-state index is 12.6. The summed E-state index contributed by atoms with van der Waals surface area (Å²) in [7, 11) is 0. The third kappa shape index (κ3) is 4.75. The van der Waals surface area contributed by atoms with Gasteiger partial charge in [-0.25, -0.2) is 4.98 Å². The third-order valence-corrected chi connectivity index (χ3v) is 5.03. The van der Waals surface area contributed by atoms with Crippen molar-refractivity contribution in [3.63, 3.8) is 0 Å². The summed E-state index contributed by atoms with van der Waals surface area (Å²) in [5.74, 6) is 1.38. The number of carbonyl (C=O) groups excluding carboxylic acids is 1. The molecule has 0 aliphatic carbocycles. The molecule has 2 aromatic carbocycles. The minimum Gasteiger partial charge on any atom is -0.490 e. The van der Waals surface area contributed by atoms with Crippen LogP contribution in [0.1, 0.15) is 30.0 Å². The number of ether oxygens (including phenoxy) is 2. The van der Waals surface area contributed by atoms with E-state index in [4.69, 9.17) is 25.5 Å². The van der Waals surface area contributed by atoms with E-state index in [0.29, 0.717) is 42.7 Å². The first-order valence-corrected chi connectivity index (χ1v) is 10.6. The summed E-state index contributed by atoms with van der Waals surface area (Å²) in [6, 6.07) is 14.9. The van der Waals surface area contributed by atoms with Gasteiger partial charge in [-0.05, 0) is 62.2 Å². The van der Waals surface area contributed by atoms with E-state index < -0.39 is 0 Å². The number of furan rings is 1. The molecule has 6 nitrogen and oxygen atoms in total. The number of nitrogens with one attached hydrogen (secondary N) is 1. The van der Waals surface area contributed by atoms with E-state index in [1.54, 1.807) is 12.1 Å². The van der Waals surface area contributed by atoms with Gasteiger partial charge in [0.2, 0.25) is 5.71 Å². The van der Waals surface area contributed by atoms with E-state index in [1.807, 2.05) is 50.2 Å². The highest BCUT2D eigenvalue weighted by molar-refractivity contribution is 6.31. The van der Waals surface area contributed by atoms with Gasteiger partial charge in [0.05, 0.1) is 18.7 Å². The fourth-order valence-corrected chi connectivity index (χ4v) is 3.54. The van der Waals surface area contributed by atoms with Gasteiger partial charge in [0.1, 0.15) is 0 Å². The minimum absolute atomic E-state index is 0.227. The number of hydrogen-bond acceptors (Lipinski definition) is 5. The Balaban J connectivity index is 1.43. The molecule has 160 valence electrons. The smallest absolute Gasteiger partial charge is 0.287 e. The van der Waals surface area contributed by atoms with Crippen LogP contribution in [0.15, 0.2) is 52.9 Å². The van der Waals surface area contributed by atoms with Crippen LogP contribution < -0.4 is 14.8 Å². The Morgan fingerprint density at radius 2 is 1.81 bits per heavy atom. The van der Waals surface area contributed by atoms with E-state index in [0.717, 1.165) is 27.6 Å². The number of carbonyl (C=O) groups is 1. The lowest BCUT2D eigenvalue weighted by Crippen LogP contribution is -2.25. The fourth-order valence-electron chi connectivity index (χ4n) is 3.37. The largest absolute Gasteiger partial charge is 0.490 e. The Bertz CT molecular complexity index is 1240. The van der Waals surface area contributed by atoms with Crippen LogP contribution in [0.2, 0.25) is 5.02 Å². The highest BCUT2D eigenvalue weighted by atomic mass is 35.5. The number of amides is 1. The second-order valence-electron chi connectivity index (χ2n) is 6.98. The number of pyridine rings is 1. The zero-order valence-corrected chi connectivity index (χ0v) is 18.2. The first-order valence-electron chi connectivity index (χ1n) is 10.2. The second kappa shape index (κ2) is 9.27. The minimum atomic E-state index is -0.281. The summed E-state index contributed by atoms with van der Waals surface area (Å²) in [5, 5.41) is 5.21. The molecule has 0 radical (unpaired) electrons. The van der Waals surface area contributed by atoms with Crippen LogP contribution >= 0.6 is 11.6 Å². The summed E-state index contributed by atoms with van der Waals surface area (Å²) < 4.78 is 16.9. The molecule has 4 aromatic rings. The van der Waals surface area contributed by atoms with Crippen molar-refractivity contribution in [2.24, 2.45) is 0 Å². The van der Waals surface area contributed by atoms with Gasteiger partial charge in [0, 0.05) is 22.3 Å². The molecular formula is C24H23ClN2O4. The van der Waals surface area contributed by atoms with E-state index in [-0.39, 0.29) is 11.7 Å². The number of rotatable bonds is 8. The lowest BCUT2D eigenvalue weighted by atomic mass is 10.1. The molecule has 0 atom stereocenters. The molecule has 2 heterocycles. The monoisotopic (exact) mass is 438 g/mol. The van der Waals surface area contributed by atoms with Crippen LogP contribution in [-0.2, 0) is 6.42 Å². The van der Waals surface area contributed by atoms with Crippen molar-refractivity contribution in [2.75, 3.05) is 19.8 Å². The number of hydrogen-bond donors (Lipinski definition) is 1. The maximum atomic E-state index is 12.6. The van der Waals surface area contributed by atoms with Crippen molar-refractivity contribution in [1.82, 2.24) is 10.3 Å². The van der Waals surface area contributed by atoms with Gasteiger partial charge >= 0.3 is 0 Å². The summed E-state index contributed by atoms with van der Waals surface area (Å²) in [5.41, 5.74) is 2.18. The molecule has 0 spiro atoms. The molecule has 4 rings (SSSR count). The molecule has 0 aliphatic rings. The maximum Gasteiger partial charge on any atom is 0.287 e. The fraction of sp³-hybridized carbons (Fsp3) is 0.250. The highest BCUT2D eigenvalue weighted by Gasteiger charge is 2.14. The molecule has 31 heavy (non-hydrogen) atoms. The summed E-state index contributed by atoms with van der Waals surface area (Å²) in [4.78, 5) is 17.0. The van der Waals surface area contributed by atoms with Crippen molar-refractivity contribution in [3.05, 3.63) is 64.9 Å². The van der Waals surface area contributed by atoms with Crippen molar-refractivity contribution < 1.29 is 18.7 Å². The standard InChI is InChI=1S/C24H23ClN2O4/c1-3-29-20-8-5-15(11-21(20)30-4-2)9-10-26-23(28)22-13-17-12-16-6-7-18(25)14-19(16)27-24(17)31-22/h5-8,11-14H,3-4,9-10H2,1-2H3,(H,26,28). The van der Waals surface area contributed by atoms with Crippen molar-refractivity contribution >= 4 is 39.5 Å². The van der Waals surface area contributed by atoms with Gasteiger partial charge in [0.25, 0.3) is 5.91 Å². The Morgan fingerprint density at radius 3 is 2.61 bits per heavy atom. The quantitative estimate of drug-likeness (QED) is 0.398. The first kappa shape index (κ1) is 21.0. The Morgan fingerprint density at radius 1 is 1.00 bits per heavy atom. The Labute approximate surface area is 185 Å². The molecule has 0 aliphatic heterocycles. The van der Waals surface area contributed by atoms with Crippen molar-refractivity contribution in [2.45, 2.75) is 20.3 Å². The highest BCUT2D eigenvalue weighted by Crippen LogP contribution is 2.29. The summed E-state index contributed by atoms with van der Waals surface area (Å²) in [6.45, 7) is 5.46. The van der Waals surface area contributed by atoms with E-state index in [2.05, 4.69) is 10.3 Å². The van der Waals surface area contributed by atoms with Gasteiger partial charge in [-0.2, -0.15) is 0 Å². The van der Waals surface area contributed by atoms with E-state index >= 15 is 0 Å². The molecule has 1 N–H and O–H groups in total. The molecule has 0 fully saturated rings. The van der Waals surface area contributed by atoms with Gasteiger partial charge in [0.15, 0.2) is 17.3 Å². The first-order chi connectivity index (χ1) is 15.1. The van der Waals surface area contributed by atoms with Gasteiger partial charge in [-0.3, -0.25) is 4.79 Å². The second-order valence-corrected chi connectivity index (χ2v) is 7.42. The van der Waals surface area contributed by atoms with Gasteiger partial charge in [-0.1, -0.05) is 23.7 Å². The van der Waals surface area contributed by atoms with Crippen LogP contribution in [-0.4, -0.2) is 30.6 Å². The predicted molar refractivity (Wildman–Crippen MR) is 121 cm³/mol. The zero-order valence-electron chi connectivity index (χ0n) is 17.4. The normalized spacial score (nSPS) is 11.1.